The van der Waals surface area contributed by atoms with Gasteiger partial charge in [-0.15, -0.1) is 11.3 Å². The van der Waals surface area contributed by atoms with Gasteiger partial charge in [0.25, 0.3) is 0 Å². The molecule has 0 amide bonds. The van der Waals surface area contributed by atoms with Crippen molar-refractivity contribution < 1.29 is 5.11 Å². The van der Waals surface area contributed by atoms with Crippen molar-refractivity contribution in [3.05, 3.63) is 15.6 Å². The van der Waals surface area contributed by atoms with E-state index in [0.717, 1.165) is 13.0 Å². The minimum absolute atomic E-state index is 0.239. The smallest absolute Gasteiger partial charge is 0.107 e. The lowest BCUT2D eigenvalue weighted by atomic mass is 10.1. The topological polar surface area (TPSA) is 45.1 Å². The first kappa shape index (κ1) is 12.0. The fourth-order valence-corrected chi connectivity index (χ4v) is 3.03. The van der Waals surface area contributed by atoms with E-state index in [2.05, 4.69) is 24.1 Å². The molecule has 0 aliphatic heterocycles. The zero-order valence-electron chi connectivity index (χ0n) is 9.99. The zero-order chi connectivity index (χ0) is 11.5. The summed E-state index contributed by atoms with van der Waals surface area (Å²) in [4.78, 5) is 6.13. The second kappa shape index (κ2) is 5.25. The molecule has 4 heteroatoms. The highest BCUT2D eigenvalue weighted by Gasteiger charge is 2.17. The van der Waals surface area contributed by atoms with E-state index in [1.807, 2.05) is 11.3 Å². The van der Waals surface area contributed by atoms with Gasteiger partial charge in [-0.25, -0.2) is 4.98 Å². The number of aryl methyl sites for hydroxylation is 2. The van der Waals surface area contributed by atoms with Crippen LogP contribution in [0, 0.1) is 5.92 Å². The maximum absolute atomic E-state index is 9.04. The molecule has 1 aromatic rings. The number of nitrogens with one attached hydrogen (secondary N) is 1. The Morgan fingerprint density at radius 2 is 2.25 bits per heavy atom. The van der Waals surface area contributed by atoms with Crippen LogP contribution in [0.25, 0.3) is 0 Å². The summed E-state index contributed by atoms with van der Waals surface area (Å²) in [7, 11) is 0. The van der Waals surface area contributed by atoms with Gasteiger partial charge in [0.05, 0.1) is 5.69 Å². The molecule has 0 saturated heterocycles. The SMILES string of the molecule is CC(CO)C(C)NCc1nc2c(s1)CCC2. The second-order valence-electron chi connectivity index (χ2n) is 4.66. The van der Waals surface area contributed by atoms with Crippen LogP contribution in [-0.2, 0) is 19.4 Å². The van der Waals surface area contributed by atoms with Crippen LogP contribution >= 0.6 is 11.3 Å². The molecule has 16 heavy (non-hydrogen) atoms. The standard InChI is InChI=1S/C12H20N2OS/c1-8(7-15)9(2)13-6-12-14-10-4-3-5-11(10)16-12/h8-9,13,15H,3-7H2,1-2H3. The predicted molar refractivity (Wildman–Crippen MR) is 66.7 cm³/mol. The quantitative estimate of drug-likeness (QED) is 0.824. The van der Waals surface area contributed by atoms with Crippen LogP contribution in [0.4, 0.5) is 0 Å². The summed E-state index contributed by atoms with van der Waals surface area (Å²) in [6, 6.07) is 0.337. The maximum Gasteiger partial charge on any atom is 0.107 e. The molecule has 0 fully saturated rings. The first-order chi connectivity index (χ1) is 7.70. The van der Waals surface area contributed by atoms with Gasteiger partial charge in [0.1, 0.15) is 5.01 Å². The van der Waals surface area contributed by atoms with Crippen molar-refractivity contribution in [3.8, 4) is 0 Å². The highest BCUT2D eigenvalue weighted by molar-refractivity contribution is 7.11. The molecule has 2 rings (SSSR count). The third kappa shape index (κ3) is 2.62. The number of aliphatic hydroxyl groups excluding tert-OH is 1. The molecule has 2 atom stereocenters. The van der Waals surface area contributed by atoms with E-state index in [0.29, 0.717) is 12.0 Å². The summed E-state index contributed by atoms with van der Waals surface area (Å²) in [5.74, 6) is 0.298. The predicted octanol–water partition coefficient (Wildman–Crippen LogP) is 1.74. The fourth-order valence-electron chi connectivity index (χ4n) is 1.93. The van der Waals surface area contributed by atoms with Crippen LogP contribution in [0.15, 0.2) is 0 Å². The monoisotopic (exact) mass is 240 g/mol. The molecular weight excluding hydrogens is 220 g/mol. The third-order valence-corrected chi connectivity index (χ3v) is 4.51. The molecule has 0 saturated carbocycles. The minimum atomic E-state index is 0.239. The Bertz CT molecular complexity index is 329. The van der Waals surface area contributed by atoms with E-state index in [9.17, 15) is 0 Å². The van der Waals surface area contributed by atoms with Crippen LogP contribution in [0.1, 0.15) is 35.8 Å². The Morgan fingerprint density at radius 3 is 2.94 bits per heavy atom. The van der Waals surface area contributed by atoms with Crippen molar-refractivity contribution in [2.24, 2.45) is 5.92 Å². The van der Waals surface area contributed by atoms with Gasteiger partial charge in [0.2, 0.25) is 0 Å². The lowest BCUT2D eigenvalue weighted by Crippen LogP contribution is -2.33. The fraction of sp³-hybridized carbons (Fsp3) is 0.750. The van der Waals surface area contributed by atoms with Crippen LogP contribution < -0.4 is 5.32 Å². The number of hydrogen-bond donors (Lipinski definition) is 2. The molecule has 0 bridgehead atoms. The zero-order valence-corrected chi connectivity index (χ0v) is 10.8. The van der Waals surface area contributed by atoms with Gasteiger partial charge in [-0.05, 0) is 32.1 Å². The molecule has 1 aliphatic rings. The summed E-state index contributed by atoms with van der Waals surface area (Å²) in [5.41, 5.74) is 1.32. The van der Waals surface area contributed by atoms with Gasteiger partial charge in [-0.3, -0.25) is 0 Å². The van der Waals surface area contributed by atoms with Crippen molar-refractivity contribution >= 4 is 11.3 Å². The average Bonchev–Trinajstić information content (AvgIpc) is 2.84. The van der Waals surface area contributed by atoms with E-state index in [-0.39, 0.29) is 6.61 Å². The van der Waals surface area contributed by atoms with Crippen LogP contribution in [0.3, 0.4) is 0 Å². The van der Waals surface area contributed by atoms with E-state index in [1.165, 1.54) is 28.4 Å². The first-order valence-electron chi connectivity index (χ1n) is 6.02. The van der Waals surface area contributed by atoms with Crippen LogP contribution in [0.5, 0.6) is 0 Å². The number of fused-ring (bicyclic) bond motifs is 1. The van der Waals surface area contributed by atoms with Crippen LogP contribution in [0.2, 0.25) is 0 Å². The molecule has 1 aromatic heterocycles. The summed E-state index contributed by atoms with van der Waals surface area (Å²) < 4.78 is 0. The Balaban J connectivity index is 1.85. The number of rotatable bonds is 5. The summed E-state index contributed by atoms with van der Waals surface area (Å²) in [6.07, 6.45) is 3.66. The Kier molecular flexibility index (Phi) is 3.95. The number of nitrogens with zero attached hydrogens (tertiary/aromatic N) is 1. The van der Waals surface area contributed by atoms with Gasteiger partial charge >= 0.3 is 0 Å². The minimum Gasteiger partial charge on any atom is -0.396 e. The average molecular weight is 240 g/mol. The largest absolute Gasteiger partial charge is 0.396 e. The molecule has 3 nitrogen and oxygen atoms in total. The van der Waals surface area contributed by atoms with Gasteiger partial charge < -0.3 is 10.4 Å². The molecule has 2 N–H and O–H groups in total. The van der Waals surface area contributed by atoms with Crippen molar-refractivity contribution in [2.75, 3.05) is 6.61 Å². The van der Waals surface area contributed by atoms with Crippen molar-refractivity contribution in [3.63, 3.8) is 0 Å². The summed E-state index contributed by atoms with van der Waals surface area (Å²) in [5, 5.41) is 13.7. The molecule has 0 radical (unpaired) electrons. The van der Waals surface area contributed by atoms with Crippen LogP contribution in [-0.4, -0.2) is 22.7 Å². The molecule has 1 aliphatic carbocycles. The summed E-state index contributed by atoms with van der Waals surface area (Å²) >= 11 is 1.85. The maximum atomic E-state index is 9.04. The number of hydrogen-bond acceptors (Lipinski definition) is 4. The summed E-state index contributed by atoms with van der Waals surface area (Å²) in [6.45, 7) is 5.24. The number of aliphatic hydroxyl groups is 1. The lowest BCUT2D eigenvalue weighted by molar-refractivity contribution is 0.207. The Hall–Kier alpha value is -0.450. The molecule has 90 valence electrons. The highest BCUT2D eigenvalue weighted by atomic mass is 32.1. The van der Waals surface area contributed by atoms with E-state index < -0.39 is 0 Å². The number of aromatic nitrogens is 1. The van der Waals surface area contributed by atoms with Crippen molar-refractivity contribution in [1.82, 2.24) is 10.3 Å². The molecular formula is C12H20N2OS. The van der Waals surface area contributed by atoms with Gasteiger partial charge in [0.15, 0.2) is 0 Å². The normalized spacial score (nSPS) is 18.4. The molecule has 1 heterocycles. The molecule has 0 aromatic carbocycles. The van der Waals surface area contributed by atoms with E-state index in [1.54, 1.807) is 0 Å². The first-order valence-corrected chi connectivity index (χ1v) is 6.84. The molecule has 0 spiro atoms. The van der Waals surface area contributed by atoms with Crippen molar-refractivity contribution in [2.45, 2.75) is 45.7 Å². The van der Waals surface area contributed by atoms with E-state index >= 15 is 0 Å². The Labute approximate surface area is 101 Å². The van der Waals surface area contributed by atoms with Gasteiger partial charge in [-0.2, -0.15) is 0 Å². The van der Waals surface area contributed by atoms with E-state index in [4.69, 9.17) is 5.11 Å². The third-order valence-electron chi connectivity index (χ3n) is 3.36. The lowest BCUT2D eigenvalue weighted by Gasteiger charge is -2.18. The van der Waals surface area contributed by atoms with Crippen molar-refractivity contribution in [1.29, 1.82) is 0 Å². The molecule has 2 unspecified atom stereocenters. The highest BCUT2D eigenvalue weighted by Crippen LogP contribution is 2.27. The number of thiazole rings is 1. The van der Waals surface area contributed by atoms with Gasteiger partial charge in [-0.1, -0.05) is 6.92 Å². The van der Waals surface area contributed by atoms with Gasteiger partial charge in [0, 0.05) is 24.1 Å². The Morgan fingerprint density at radius 1 is 1.44 bits per heavy atom. The second-order valence-corrected chi connectivity index (χ2v) is 5.83.